The Kier molecular flexibility index (Phi) is 3.64. The van der Waals surface area contributed by atoms with Gasteiger partial charge in [0.25, 0.3) is 0 Å². The maximum Gasteiger partial charge on any atom is 0.309 e. The largest absolute Gasteiger partial charge is 0.493 e. The predicted molar refractivity (Wildman–Crippen MR) is 113 cm³/mol. The first-order valence-corrected chi connectivity index (χ1v) is 11.4. The van der Waals surface area contributed by atoms with Crippen molar-refractivity contribution >= 4 is 17.6 Å². The highest BCUT2D eigenvalue weighted by Gasteiger charge is 2.82. The topological polar surface area (TPSA) is 48.0 Å². The summed E-state index contributed by atoms with van der Waals surface area (Å²) < 4.78 is 18.3. The van der Waals surface area contributed by atoms with E-state index >= 15 is 0 Å². The van der Waals surface area contributed by atoms with E-state index in [1.807, 2.05) is 13.0 Å². The van der Waals surface area contributed by atoms with Gasteiger partial charge in [-0.15, -0.1) is 0 Å². The maximum absolute atomic E-state index is 13.4. The molecule has 2 spiro atoms. The molecule has 0 amide bonds. The second kappa shape index (κ2) is 5.74. The molecular weight excluding hydrogens is 402 g/mol. The molecule has 0 radical (unpaired) electrons. The molecule has 0 unspecified atom stereocenters. The van der Waals surface area contributed by atoms with Crippen LogP contribution in [0.2, 0.25) is 0 Å². The molecule has 4 aliphatic carbocycles. The Morgan fingerprint density at radius 1 is 1.40 bits per heavy atom. The number of nitrogens with zero attached hydrogens (tertiary/aromatic N) is 1. The third-order valence-corrected chi connectivity index (χ3v) is 9.46. The van der Waals surface area contributed by atoms with Crippen LogP contribution in [0.3, 0.4) is 0 Å². The number of hydrogen-bond donors (Lipinski definition) is 0. The third-order valence-electron chi connectivity index (χ3n) is 9.09. The number of piperidine rings is 1. The van der Waals surface area contributed by atoms with Crippen molar-refractivity contribution in [2.45, 2.75) is 50.2 Å². The smallest absolute Gasteiger partial charge is 0.309 e. The first-order valence-electron chi connectivity index (χ1n) is 11.0. The van der Waals surface area contributed by atoms with Crippen LogP contribution in [-0.2, 0) is 21.4 Å². The van der Waals surface area contributed by atoms with E-state index in [9.17, 15) is 4.79 Å². The molecule has 0 aromatic heterocycles. The number of fused-ring (bicyclic) bond motifs is 1. The van der Waals surface area contributed by atoms with Crippen molar-refractivity contribution < 1.29 is 19.0 Å². The third kappa shape index (κ3) is 1.74. The lowest BCUT2D eigenvalue weighted by atomic mass is 9.33. The second-order valence-electron chi connectivity index (χ2n) is 9.75. The minimum atomic E-state index is -0.506. The van der Waals surface area contributed by atoms with Crippen LogP contribution in [0.5, 0.6) is 11.5 Å². The molecule has 0 N–H and O–H groups in total. The van der Waals surface area contributed by atoms with E-state index in [0.717, 1.165) is 35.9 Å². The molecule has 5 nitrogen and oxygen atoms in total. The van der Waals surface area contributed by atoms with E-state index in [4.69, 9.17) is 25.8 Å². The van der Waals surface area contributed by atoms with Gasteiger partial charge >= 0.3 is 5.97 Å². The Hall–Kier alpha value is -1.72. The van der Waals surface area contributed by atoms with Gasteiger partial charge in [0.05, 0.1) is 25.0 Å². The lowest BCUT2D eigenvalue weighted by Crippen LogP contribution is -2.80. The van der Waals surface area contributed by atoms with Gasteiger partial charge in [-0.3, -0.25) is 4.79 Å². The highest BCUT2D eigenvalue weighted by molar-refractivity contribution is 6.30. The number of halogens is 1. The lowest BCUT2D eigenvalue weighted by molar-refractivity contribution is -0.205. The molecule has 7 rings (SSSR count). The molecule has 1 saturated carbocycles. The van der Waals surface area contributed by atoms with Crippen LogP contribution < -0.4 is 9.47 Å². The predicted octanol–water partition coefficient (Wildman–Crippen LogP) is 3.67. The molecule has 1 aromatic rings. The molecule has 2 aliphatic heterocycles. The molecule has 2 heterocycles. The van der Waals surface area contributed by atoms with E-state index in [1.54, 1.807) is 7.11 Å². The molecule has 1 aromatic carbocycles. The zero-order valence-corrected chi connectivity index (χ0v) is 18.7. The van der Waals surface area contributed by atoms with Gasteiger partial charge in [0.15, 0.2) is 11.5 Å². The SMILES string of the molecule is CCOC(=O)[C@@H]1C[C@H]2C(Cl)=C[C@@]13[C@@H]1Cc4ccc(OC)c5c4[C@@]3(CCN1C)[C@]2(C)O5. The molecular formula is C24H28ClNO4. The number of rotatable bonds is 3. The quantitative estimate of drug-likeness (QED) is 0.686. The van der Waals surface area contributed by atoms with Gasteiger partial charge in [0.2, 0.25) is 0 Å². The van der Waals surface area contributed by atoms with Crippen molar-refractivity contribution in [3.05, 3.63) is 34.4 Å². The molecule has 30 heavy (non-hydrogen) atoms. The molecule has 6 atom stereocenters. The van der Waals surface area contributed by atoms with Crippen molar-refractivity contribution in [2.75, 3.05) is 27.3 Å². The fraction of sp³-hybridized carbons (Fsp3) is 0.625. The number of likely N-dealkylation sites (N-methyl/N-ethyl adjacent to an activating group) is 1. The number of benzene rings is 1. The average molecular weight is 430 g/mol. The van der Waals surface area contributed by atoms with Crippen LogP contribution in [0.4, 0.5) is 0 Å². The van der Waals surface area contributed by atoms with Crippen molar-refractivity contribution in [3.63, 3.8) is 0 Å². The normalized spacial score (nSPS) is 42.3. The molecule has 6 heteroatoms. The van der Waals surface area contributed by atoms with Gasteiger partial charge in [-0.25, -0.2) is 0 Å². The number of likely N-dealkylation sites (tertiary alicyclic amines) is 1. The van der Waals surface area contributed by atoms with Gasteiger partial charge in [-0.05, 0) is 58.3 Å². The zero-order chi connectivity index (χ0) is 21.1. The fourth-order valence-electron chi connectivity index (χ4n) is 8.08. The molecule has 1 saturated heterocycles. The van der Waals surface area contributed by atoms with Gasteiger partial charge in [-0.2, -0.15) is 0 Å². The van der Waals surface area contributed by atoms with E-state index < -0.39 is 11.0 Å². The molecule has 6 aliphatic rings. The van der Waals surface area contributed by atoms with E-state index in [1.165, 1.54) is 11.1 Å². The summed E-state index contributed by atoms with van der Waals surface area (Å²) in [6, 6.07) is 4.39. The molecule has 2 fully saturated rings. The second-order valence-corrected chi connectivity index (χ2v) is 10.2. The summed E-state index contributed by atoms with van der Waals surface area (Å²) in [7, 11) is 3.88. The minimum absolute atomic E-state index is 0.0393. The van der Waals surface area contributed by atoms with Crippen molar-refractivity contribution in [1.82, 2.24) is 4.90 Å². The number of carbonyl (C=O) groups is 1. The summed E-state index contributed by atoms with van der Waals surface area (Å²) >= 11 is 6.96. The van der Waals surface area contributed by atoms with Crippen LogP contribution in [0.1, 0.15) is 37.8 Å². The number of ether oxygens (including phenoxy) is 3. The zero-order valence-electron chi connectivity index (χ0n) is 18.0. The summed E-state index contributed by atoms with van der Waals surface area (Å²) in [6.07, 6.45) is 4.71. The van der Waals surface area contributed by atoms with Gasteiger partial charge in [0, 0.05) is 28.0 Å². The van der Waals surface area contributed by atoms with Gasteiger partial charge in [-0.1, -0.05) is 23.7 Å². The number of hydrogen-bond acceptors (Lipinski definition) is 5. The van der Waals surface area contributed by atoms with Crippen LogP contribution in [0, 0.1) is 17.3 Å². The highest BCUT2D eigenvalue weighted by Crippen LogP contribution is 2.78. The lowest BCUT2D eigenvalue weighted by Gasteiger charge is -2.72. The molecule has 4 bridgehead atoms. The Morgan fingerprint density at radius 3 is 2.93 bits per heavy atom. The van der Waals surface area contributed by atoms with E-state index in [0.29, 0.717) is 13.0 Å². The van der Waals surface area contributed by atoms with Crippen LogP contribution in [-0.4, -0.2) is 49.8 Å². The Morgan fingerprint density at radius 2 is 2.20 bits per heavy atom. The maximum atomic E-state index is 13.4. The Bertz CT molecular complexity index is 1010. The summed E-state index contributed by atoms with van der Waals surface area (Å²) in [5, 5.41) is 0.837. The first kappa shape index (κ1) is 19.0. The first-order chi connectivity index (χ1) is 14.4. The minimum Gasteiger partial charge on any atom is -0.493 e. The number of carbonyl (C=O) groups excluding carboxylic acids is 1. The van der Waals surface area contributed by atoms with Gasteiger partial charge in [0.1, 0.15) is 5.60 Å². The van der Waals surface area contributed by atoms with E-state index in [-0.39, 0.29) is 29.3 Å². The summed E-state index contributed by atoms with van der Waals surface area (Å²) in [5.74, 6) is 1.28. The average Bonchev–Trinajstić information content (AvgIpc) is 2.99. The van der Waals surface area contributed by atoms with Crippen LogP contribution in [0.25, 0.3) is 0 Å². The van der Waals surface area contributed by atoms with Crippen molar-refractivity contribution in [3.8, 4) is 11.5 Å². The van der Waals surface area contributed by atoms with Crippen LogP contribution in [0.15, 0.2) is 23.2 Å². The van der Waals surface area contributed by atoms with Gasteiger partial charge < -0.3 is 19.1 Å². The summed E-state index contributed by atoms with van der Waals surface area (Å²) in [5.41, 5.74) is 1.31. The monoisotopic (exact) mass is 429 g/mol. The summed E-state index contributed by atoms with van der Waals surface area (Å²) in [6.45, 7) is 5.46. The highest BCUT2D eigenvalue weighted by atomic mass is 35.5. The fourth-order valence-corrected chi connectivity index (χ4v) is 8.56. The molecule has 160 valence electrons. The Labute approximate surface area is 182 Å². The van der Waals surface area contributed by atoms with Crippen molar-refractivity contribution in [2.24, 2.45) is 17.3 Å². The summed E-state index contributed by atoms with van der Waals surface area (Å²) in [4.78, 5) is 15.8. The number of methoxy groups -OCH3 is 1. The Balaban J connectivity index is 1.72. The van der Waals surface area contributed by atoms with Crippen LogP contribution >= 0.6 is 11.6 Å². The van der Waals surface area contributed by atoms with E-state index in [2.05, 4.69) is 31.0 Å². The number of esters is 1. The van der Waals surface area contributed by atoms with Crippen molar-refractivity contribution in [1.29, 1.82) is 0 Å². The standard InChI is InChI=1S/C24H28ClNO4/c1-5-29-21(27)15-11-14-16(25)12-23(15)18-10-13-6-7-17(28-4)20-19(13)24(23,8-9-26(18)3)22(14,2)30-20/h6-7,12,14-15,18H,5,8-11H2,1-4H3/t14-,15-,18-,22+,23-,24-/m0/s1.